The van der Waals surface area contributed by atoms with Gasteiger partial charge in [-0.2, -0.15) is 16.9 Å². The topological polar surface area (TPSA) is 75.0 Å². The van der Waals surface area contributed by atoms with Crippen molar-refractivity contribution in [3.05, 3.63) is 11.8 Å². The quantitative estimate of drug-likeness (QED) is 0.762. The fourth-order valence-corrected chi connectivity index (χ4v) is 1.46. The minimum atomic E-state index is -0.0923. The molecule has 0 bridgehead atoms. The van der Waals surface area contributed by atoms with Crippen molar-refractivity contribution in [2.24, 2.45) is 0 Å². The SMILES string of the molecule is CSCCN(C)C(=O)c1cn[nH]c1N. The number of nitrogens with one attached hydrogen (secondary N) is 1. The molecular formula is C8H14N4OS. The van der Waals surface area contributed by atoms with Crippen molar-refractivity contribution in [3.8, 4) is 0 Å². The van der Waals surface area contributed by atoms with Gasteiger partial charge in [-0.25, -0.2) is 0 Å². The molecule has 1 amide bonds. The van der Waals surface area contributed by atoms with Crippen LogP contribution in [0.3, 0.4) is 0 Å². The van der Waals surface area contributed by atoms with Gasteiger partial charge in [-0.3, -0.25) is 9.89 Å². The highest BCUT2D eigenvalue weighted by molar-refractivity contribution is 7.98. The predicted molar refractivity (Wildman–Crippen MR) is 58.3 cm³/mol. The second-order valence-corrected chi connectivity index (χ2v) is 3.90. The molecule has 1 heterocycles. The summed E-state index contributed by atoms with van der Waals surface area (Å²) in [6, 6.07) is 0. The van der Waals surface area contributed by atoms with E-state index in [0.29, 0.717) is 17.9 Å². The lowest BCUT2D eigenvalue weighted by Crippen LogP contribution is -2.29. The molecule has 1 rings (SSSR count). The average Bonchev–Trinajstić information content (AvgIpc) is 2.59. The molecule has 1 aromatic heterocycles. The third-order valence-electron chi connectivity index (χ3n) is 1.88. The first-order valence-corrected chi connectivity index (χ1v) is 5.59. The van der Waals surface area contributed by atoms with Crippen LogP contribution in [0.1, 0.15) is 10.4 Å². The molecule has 0 aliphatic carbocycles. The third-order valence-corrected chi connectivity index (χ3v) is 2.47. The third kappa shape index (κ3) is 2.41. The van der Waals surface area contributed by atoms with Gasteiger partial charge in [-0.15, -0.1) is 0 Å². The molecule has 0 aliphatic rings. The van der Waals surface area contributed by atoms with Crippen LogP contribution >= 0.6 is 11.8 Å². The van der Waals surface area contributed by atoms with E-state index in [1.807, 2.05) is 6.26 Å². The van der Waals surface area contributed by atoms with Crippen molar-refractivity contribution in [1.29, 1.82) is 0 Å². The zero-order valence-corrected chi connectivity index (χ0v) is 9.10. The van der Waals surface area contributed by atoms with Gasteiger partial charge in [-0.05, 0) is 6.26 Å². The lowest BCUT2D eigenvalue weighted by atomic mass is 10.3. The monoisotopic (exact) mass is 214 g/mol. The number of aromatic nitrogens is 2. The lowest BCUT2D eigenvalue weighted by Gasteiger charge is -2.15. The Labute approximate surface area is 87.0 Å². The van der Waals surface area contributed by atoms with Crippen molar-refractivity contribution in [3.63, 3.8) is 0 Å². The summed E-state index contributed by atoms with van der Waals surface area (Å²) in [7, 11) is 1.75. The van der Waals surface area contributed by atoms with Crippen LogP contribution in [-0.2, 0) is 0 Å². The summed E-state index contributed by atoms with van der Waals surface area (Å²) >= 11 is 1.70. The number of hydrogen-bond acceptors (Lipinski definition) is 4. The predicted octanol–water partition coefficient (Wildman–Crippen LogP) is 0.427. The molecule has 0 saturated carbocycles. The highest BCUT2D eigenvalue weighted by Crippen LogP contribution is 2.09. The fourth-order valence-electron chi connectivity index (χ4n) is 1.00. The first-order valence-electron chi connectivity index (χ1n) is 4.20. The van der Waals surface area contributed by atoms with Crippen LogP contribution in [-0.4, -0.2) is 46.6 Å². The fraction of sp³-hybridized carbons (Fsp3) is 0.500. The van der Waals surface area contributed by atoms with Gasteiger partial charge in [0, 0.05) is 19.3 Å². The standard InChI is InChI=1S/C8H14N4OS/c1-12(3-4-14-2)8(13)6-5-10-11-7(6)9/h5H,3-4H2,1-2H3,(H3,9,10,11). The van der Waals surface area contributed by atoms with E-state index in [1.165, 1.54) is 6.20 Å². The number of aromatic amines is 1. The molecule has 0 fully saturated rings. The Morgan fingerprint density at radius 1 is 1.79 bits per heavy atom. The van der Waals surface area contributed by atoms with Crippen LogP contribution in [0.5, 0.6) is 0 Å². The Morgan fingerprint density at radius 3 is 3.00 bits per heavy atom. The summed E-state index contributed by atoms with van der Waals surface area (Å²) in [5, 5.41) is 6.24. The number of nitrogen functional groups attached to an aromatic ring is 1. The average molecular weight is 214 g/mol. The molecule has 0 saturated heterocycles. The van der Waals surface area contributed by atoms with E-state index in [4.69, 9.17) is 5.73 Å². The zero-order chi connectivity index (χ0) is 10.6. The van der Waals surface area contributed by atoms with Crippen molar-refractivity contribution in [2.75, 3.05) is 31.3 Å². The molecule has 0 radical (unpaired) electrons. The van der Waals surface area contributed by atoms with Gasteiger partial charge < -0.3 is 10.6 Å². The molecule has 0 unspecified atom stereocenters. The zero-order valence-electron chi connectivity index (χ0n) is 8.28. The Hall–Kier alpha value is -1.17. The molecule has 0 aliphatic heterocycles. The van der Waals surface area contributed by atoms with Crippen LogP contribution in [0, 0.1) is 0 Å². The molecule has 14 heavy (non-hydrogen) atoms. The minimum absolute atomic E-state index is 0.0923. The number of rotatable bonds is 4. The summed E-state index contributed by atoms with van der Waals surface area (Å²) in [5.74, 6) is 1.15. The lowest BCUT2D eigenvalue weighted by molar-refractivity contribution is 0.0805. The Bertz CT molecular complexity index is 312. The maximum Gasteiger partial charge on any atom is 0.258 e. The summed E-state index contributed by atoms with van der Waals surface area (Å²) in [6.07, 6.45) is 3.46. The summed E-state index contributed by atoms with van der Waals surface area (Å²) < 4.78 is 0. The number of hydrogen-bond donors (Lipinski definition) is 2. The molecule has 78 valence electrons. The Morgan fingerprint density at radius 2 is 2.50 bits per heavy atom. The van der Waals surface area contributed by atoms with Crippen LogP contribution in [0.4, 0.5) is 5.82 Å². The summed E-state index contributed by atoms with van der Waals surface area (Å²) in [4.78, 5) is 13.3. The highest BCUT2D eigenvalue weighted by atomic mass is 32.2. The molecule has 5 nitrogen and oxygen atoms in total. The molecule has 0 aromatic carbocycles. The van der Waals surface area contributed by atoms with Crippen molar-refractivity contribution in [1.82, 2.24) is 15.1 Å². The number of H-pyrrole nitrogens is 1. The number of nitrogens with two attached hydrogens (primary N) is 1. The Balaban J connectivity index is 2.61. The molecule has 1 aromatic rings. The van der Waals surface area contributed by atoms with E-state index in [2.05, 4.69) is 10.2 Å². The van der Waals surface area contributed by atoms with E-state index in [9.17, 15) is 4.79 Å². The largest absolute Gasteiger partial charge is 0.383 e. The maximum absolute atomic E-state index is 11.7. The van der Waals surface area contributed by atoms with Crippen molar-refractivity contribution < 1.29 is 4.79 Å². The van der Waals surface area contributed by atoms with Crippen LogP contribution < -0.4 is 5.73 Å². The minimum Gasteiger partial charge on any atom is -0.383 e. The number of amides is 1. The normalized spacial score (nSPS) is 10.1. The number of nitrogens with zero attached hydrogens (tertiary/aromatic N) is 2. The van der Waals surface area contributed by atoms with Crippen LogP contribution in [0.25, 0.3) is 0 Å². The second-order valence-electron chi connectivity index (χ2n) is 2.92. The van der Waals surface area contributed by atoms with E-state index in [1.54, 1.807) is 23.7 Å². The van der Waals surface area contributed by atoms with Crippen LogP contribution in [0.15, 0.2) is 6.20 Å². The molecule has 0 spiro atoms. The molecule has 6 heteroatoms. The van der Waals surface area contributed by atoms with E-state index < -0.39 is 0 Å². The van der Waals surface area contributed by atoms with E-state index in [0.717, 1.165) is 5.75 Å². The van der Waals surface area contributed by atoms with E-state index in [-0.39, 0.29) is 5.91 Å². The molecular weight excluding hydrogens is 200 g/mol. The van der Waals surface area contributed by atoms with Gasteiger partial charge in [0.15, 0.2) is 0 Å². The second kappa shape index (κ2) is 4.90. The van der Waals surface area contributed by atoms with Gasteiger partial charge in [0.25, 0.3) is 5.91 Å². The van der Waals surface area contributed by atoms with Gasteiger partial charge in [0.2, 0.25) is 0 Å². The highest BCUT2D eigenvalue weighted by Gasteiger charge is 2.15. The van der Waals surface area contributed by atoms with Gasteiger partial charge in [0.05, 0.1) is 6.20 Å². The maximum atomic E-state index is 11.7. The summed E-state index contributed by atoms with van der Waals surface area (Å²) in [5.41, 5.74) is 5.98. The van der Waals surface area contributed by atoms with Crippen molar-refractivity contribution in [2.45, 2.75) is 0 Å². The van der Waals surface area contributed by atoms with E-state index >= 15 is 0 Å². The first-order chi connectivity index (χ1) is 6.66. The van der Waals surface area contributed by atoms with Gasteiger partial charge in [0.1, 0.15) is 11.4 Å². The number of carbonyl (C=O) groups is 1. The first kappa shape index (κ1) is 10.9. The Kier molecular flexibility index (Phi) is 3.82. The van der Waals surface area contributed by atoms with Crippen LogP contribution in [0.2, 0.25) is 0 Å². The van der Waals surface area contributed by atoms with Gasteiger partial charge >= 0.3 is 0 Å². The summed E-state index contributed by atoms with van der Waals surface area (Å²) in [6.45, 7) is 0.713. The molecule has 0 atom stereocenters. The number of thioether (sulfide) groups is 1. The molecule has 3 N–H and O–H groups in total. The van der Waals surface area contributed by atoms with Gasteiger partial charge in [-0.1, -0.05) is 0 Å². The number of anilines is 1. The number of carbonyl (C=O) groups excluding carboxylic acids is 1. The smallest absolute Gasteiger partial charge is 0.258 e. The van der Waals surface area contributed by atoms with Crippen molar-refractivity contribution >= 4 is 23.5 Å².